The summed E-state index contributed by atoms with van der Waals surface area (Å²) < 4.78 is 32.7. The van der Waals surface area contributed by atoms with E-state index in [9.17, 15) is 18.5 Å². The standard InChI is InChI=1S/C24H30N8O4S2/c1-6-31(11-7-13-38(34,35)36)17-8-9-19(20(14-17)27-16(2)33)28-29-22-18(15-25)21(24(3,4)5)30-32(22)23-26-10-12-37-23/h8-10,12,14H,6-7,11,13H2,1-5H3,(H,27,33)(H,34,35,36)/b29-28+. The maximum atomic E-state index is 11.9. The Labute approximate surface area is 225 Å². The minimum atomic E-state index is -4.05. The summed E-state index contributed by atoms with van der Waals surface area (Å²) in [6, 6.07) is 7.37. The van der Waals surface area contributed by atoms with Crippen molar-refractivity contribution >= 4 is 50.2 Å². The number of rotatable bonds is 10. The lowest BCUT2D eigenvalue weighted by Gasteiger charge is -2.24. The normalized spacial score (nSPS) is 12.0. The van der Waals surface area contributed by atoms with Crippen LogP contribution in [0, 0.1) is 11.3 Å². The minimum absolute atomic E-state index is 0.227. The molecule has 0 aliphatic carbocycles. The van der Waals surface area contributed by atoms with Crippen molar-refractivity contribution in [2.24, 2.45) is 10.2 Å². The van der Waals surface area contributed by atoms with Gasteiger partial charge in [0.25, 0.3) is 10.1 Å². The fourth-order valence-corrected chi connectivity index (χ4v) is 4.78. The molecule has 0 saturated heterocycles. The van der Waals surface area contributed by atoms with Crippen molar-refractivity contribution in [2.45, 2.75) is 46.5 Å². The molecule has 2 aromatic heterocycles. The van der Waals surface area contributed by atoms with Gasteiger partial charge in [0.15, 0.2) is 5.82 Å². The number of carbonyl (C=O) groups excluding carboxylic acids is 1. The second kappa shape index (κ2) is 11.8. The van der Waals surface area contributed by atoms with E-state index in [1.54, 1.807) is 29.8 Å². The van der Waals surface area contributed by atoms with E-state index in [0.29, 0.717) is 35.3 Å². The molecular formula is C24H30N8O4S2. The number of azo groups is 1. The molecule has 1 aromatic carbocycles. The molecule has 1 amide bonds. The Morgan fingerprint density at radius 3 is 2.61 bits per heavy atom. The Morgan fingerprint density at radius 1 is 1.32 bits per heavy atom. The van der Waals surface area contributed by atoms with Gasteiger partial charge in [-0.2, -0.15) is 23.5 Å². The van der Waals surface area contributed by atoms with Crippen LogP contribution in [-0.4, -0.2) is 52.5 Å². The van der Waals surface area contributed by atoms with Crippen LogP contribution in [0.5, 0.6) is 0 Å². The molecule has 202 valence electrons. The molecule has 2 N–H and O–H groups in total. The first-order valence-corrected chi connectivity index (χ1v) is 14.3. The number of nitrogens with one attached hydrogen (secondary N) is 1. The Hall–Kier alpha value is -3.67. The summed E-state index contributed by atoms with van der Waals surface area (Å²) in [6.07, 6.45) is 1.87. The van der Waals surface area contributed by atoms with Crippen molar-refractivity contribution in [1.82, 2.24) is 14.8 Å². The van der Waals surface area contributed by atoms with Crippen molar-refractivity contribution < 1.29 is 17.8 Å². The highest BCUT2D eigenvalue weighted by atomic mass is 32.2. The van der Waals surface area contributed by atoms with Crippen LogP contribution in [0.3, 0.4) is 0 Å². The predicted octanol–water partition coefficient (Wildman–Crippen LogP) is 4.98. The first-order valence-electron chi connectivity index (χ1n) is 11.8. The van der Waals surface area contributed by atoms with Crippen LogP contribution >= 0.6 is 11.3 Å². The number of nitriles is 1. The molecule has 0 unspecified atom stereocenters. The second-order valence-corrected chi connectivity index (χ2v) is 11.9. The van der Waals surface area contributed by atoms with Crippen LogP contribution in [-0.2, 0) is 20.3 Å². The van der Waals surface area contributed by atoms with Crippen molar-refractivity contribution in [1.29, 1.82) is 5.26 Å². The van der Waals surface area contributed by atoms with Gasteiger partial charge in [-0.05, 0) is 31.5 Å². The average Bonchev–Trinajstić information content (AvgIpc) is 3.47. The average molecular weight is 559 g/mol. The molecule has 0 spiro atoms. The third-order valence-electron chi connectivity index (χ3n) is 5.40. The first-order chi connectivity index (χ1) is 17.8. The molecule has 3 aromatic rings. The van der Waals surface area contributed by atoms with E-state index < -0.39 is 15.5 Å². The lowest BCUT2D eigenvalue weighted by molar-refractivity contribution is -0.114. The van der Waals surface area contributed by atoms with Crippen molar-refractivity contribution in [3.63, 3.8) is 0 Å². The van der Waals surface area contributed by atoms with Gasteiger partial charge in [0.1, 0.15) is 17.3 Å². The molecule has 0 aliphatic rings. The van der Waals surface area contributed by atoms with Crippen molar-refractivity contribution in [2.75, 3.05) is 29.1 Å². The Morgan fingerprint density at radius 2 is 2.05 bits per heavy atom. The molecule has 2 heterocycles. The summed E-state index contributed by atoms with van der Waals surface area (Å²) in [4.78, 5) is 18.2. The summed E-state index contributed by atoms with van der Waals surface area (Å²) in [5.74, 6) is -0.432. The highest BCUT2D eigenvalue weighted by Crippen LogP contribution is 2.36. The van der Waals surface area contributed by atoms with Crippen LogP contribution in [0.4, 0.5) is 22.9 Å². The summed E-state index contributed by atoms with van der Waals surface area (Å²) in [7, 11) is -4.05. The number of anilines is 2. The van der Waals surface area contributed by atoms with Gasteiger partial charge in [0.05, 0.1) is 17.1 Å². The largest absolute Gasteiger partial charge is 0.372 e. The van der Waals surface area contributed by atoms with Gasteiger partial charge in [-0.3, -0.25) is 9.35 Å². The van der Waals surface area contributed by atoms with Crippen LogP contribution in [0.1, 0.15) is 52.3 Å². The molecule has 14 heteroatoms. The van der Waals surface area contributed by atoms with E-state index in [-0.39, 0.29) is 29.5 Å². The number of nitrogens with zero attached hydrogens (tertiary/aromatic N) is 7. The van der Waals surface area contributed by atoms with E-state index in [0.717, 1.165) is 5.69 Å². The maximum Gasteiger partial charge on any atom is 0.264 e. The molecule has 38 heavy (non-hydrogen) atoms. The van der Waals surface area contributed by atoms with Gasteiger partial charge in [-0.1, -0.05) is 20.8 Å². The van der Waals surface area contributed by atoms with Gasteiger partial charge < -0.3 is 10.2 Å². The van der Waals surface area contributed by atoms with Crippen molar-refractivity contribution in [3.8, 4) is 11.2 Å². The number of carbonyl (C=O) groups is 1. The predicted molar refractivity (Wildman–Crippen MR) is 146 cm³/mol. The van der Waals surface area contributed by atoms with Gasteiger partial charge in [-0.15, -0.1) is 21.6 Å². The number of hydrogen-bond acceptors (Lipinski definition) is 10. The summed E-state index contributed by atoms with van der Waals surface area (Å²) in [5, 5.41) is 28.4. The quantitative estimate of drug-likeness (QED) is 0.260. The molecule has 0 atom stereocenters. The van der Waals surface area contributed by atoms with Gasteiger partial charge >= 0.3 is 0 Å². The summed E-state index contributed by atoms with van der Waals surface area (Å²) >= 11 is 1.34. The molecular weight excluding hydrogens is 528 g/mol. The van der Waals surface area contributed by atoms with Crippen molar-refractivity contribution in [3.05, 3.63) is 41.0 Å². The Bertz CT molecular complexity index is 1470. The van der Waals surface area contributed by atoms with E-state index in [2.05, 4.69) is 31.7 Å². The van der Waals surface area contributed by atoms with E-state index in [4.69, 9.17) is 4.55 Å². The third kappa shape index (κ3) is 7.21. The van der Waals surface area contributed by atoms with Gasteiger partial charge in [0.2, 0.25) is 11.0 Å². The van der Waals surface area contributed by atoms with Crippen LogP contribution < -0.4 is 10.2 Å². The van der Waals surface area contributed by atoms with Gasteiger partial charge in [0, 0.05) is 42.7 Å². The van der Waals surface area contributed by atoms with Gasteiger partial charge in [-0.25, -0.2) is 4.98 Å². The van der Waals surface area contributed by atoms with Crippen LogP contribution in [0.15, 0.2) is 40.0 Å². The molecule has 0 fully saturated rings. The highest BCUT2D eigenvalue weighted by molar-refractivity contribution is 7.85. The Kier molecular flexibility index (Phi) is 8.97. The number of aromatic nitrogens is 3. The molecule has 3 rings (SSSR count). The van der Waals surface area contributed by atoms with Crippen LogP contribution in [0.25, 0.3) is 5.13 Å². The zero-order chi connectivity index (χ0) is 28.1. The third-order valence-corrected chi connectivity index (χ3v) is 6.96. The fourth-order valence-electron chi connectivity index (χ4n) is 3.69. The Balaban J connectivity index is 2.03. The summed E-state index contributed by atoms with van der Waals surface area (Å²) in [6.45, 7) is 10.1. The van der Waals surface area contributed by atoms with E-state index in [1.807, 2.05) is 32.6 Å². The topological polar surface area (TPSA) is 166 Å². The first kappa shape index (κ1) is 28.9. The number of thiazole rings is 1. The number of hydrogen-bond donors (Lipinski definition) is 2. The SMILES string of the molecule is CCN(CCCS(=O)(=O)O)c1ccc(/N=N/c2c(C#N)c(C(C)(C)C)nn2-c2nccs2)c(NC(C)=O)c1. The van der Waals surface area contributed by atoms with E-state index in [1.165, 1.54) is 22.9 Å². The zero-order valence-corrected chi connectivity index (χ0v) is 23.5. The lowest BCUT2D eigenvalue weighted by atomic mass is 9.90. The zero-order valence-electron chi connectivity index (χ0n) is 21.8. The maximum absolute atomic E-state index is 11.9. The smallest absolute Gasteiger partial charge is 0.264 e. The molecule has 0 bridgehead atoms. The van der Waals surface area contributed by atoms with Crippen LogP contribution in [0.2, 0.25) is 0 Å². The molecule has 0 radical (unpaired) electrons. The highest BCUT2D eigenvalue weighted by Gasteiger charge is 2.28. The molecule has 12 nitrogen and oxygen atoms in total. The number of amides is 1. The fraction of sp³-hybridized carbons (Fsp3) is 0.417. The minimum Gasteiger partial charge on any atom is -0.372 e. The monoisotopic (exact) mass is 558 g/mol. The molecule has 0 aliphatic heterocycles. The molecule has 0 saturated carbocycles. The van der Waals surface area contributed by atoms with E-state index >= 15 is 0 Å². The summed E-state index contributed by atoms with van der Waals surface area (Å²) in [5.41, 5.74) is 1.88. The second-order valence-electron chi connectivity index (χ2n) is 9.44. The number of benzene rings is 1. The lowest BCUT2D eigenvalue weighted by Crippen LogP contribution is -2.25.